The highest BCUT2D eigenvalue weighted by Gasteiger charge is 2.46. The zero-order valence-corrected chi connectivity index (χ0v) is 18.8. The van der Waals surface area contributed by atoms with Crippen LogP contribution in [0.1, 0.15) is 51.0 Å². The lowest BCUT2D eigenvalue weighted by molar-refractivity contribution is -0.147. The van der Waals surface area contributed by atoms with Gasteiger partial charge in [-0.2, -0.15) is 0 Å². The molecule has 1 atom stereocenters. The molecule has 1 aromatic carbocycles. The first kappa shape index (κ1) is 21.9. The number of amides is 3. The number of piperidine rings is 1. The van der Waals surface area contributed by atoms with Gasteiger partial charge in [0.2, 0.25) is 5.91 Å². The van der Waals surface area contributed by atoms with E-state index in [0.29, 0.717) is 38.7 Å². The average Bonchev–Trinajstić information content (AvgIpc) is 3.60. The molecule has 1 saturated carbocycles. The number of rotatable bonds is 6. The number of nitrogens with one attached hydrogen (secondary N) is 1. The molecule has 1 aliphatic carbocycles. The molecule has 3 amide bonds. The van der Waals surface area contributed by atoms with Gasteiger partial charge in [0.25, 0.3) is 0 Å². The van der Waals surface area contributed by atoms with Crippen molar-refractivity contribution in [2.24, 2.45) is 0 Å². The Kier molecular flexibility index (Phi) is 6.70. The van der Waals surface area contributed by atoms with Gasteiger partial charge in [-0.05, 0) is 63.1 Å². The van der Waals surface area contributed by atoms with Crippen LogP contribution in [0.5, 0.6) is 5.75 Å². The summed E-state index contributed by atoms with van der Waals surface area (Å²) < 4.78 is 11.6. The molecule has 2 heterocycles. The highest BCUT2D eigenvalue weighted by atomic mass is 16.5. The Bertz CT molecular complexity index is 787. The molecule has 7 heteroatoms. The van der Waals surface area contributed by atoms with Gasteiger partial charge in [0.1, 0.15) is 5.75 Å². The van der Waals surface area contributed by atoms with Crippen molar-refractivity contribution < 1.29 is 19.1 Å². The predicted octanol–water partition coefficient (Wildman–Crippen LogP) is 2.97. The molecular formula is C24H35N3O4. The van der Waals surface area contributed by atoms with E-state index in [9.17, 15) is 9.59 Å². The lowest BCUT2D eigenvalue weighted by Gasteiger charge is -2.48. The Morgan fingerprint density at radius 1 is 1.23 bits per heavy atom. The fraction of sp³-hybridized carbons (Fsp3) is 0.667. The molecule has 1 N–H and O–H groups in total. The van der Waals surface area contributed by atoms with Crippen molar-refractivity contribution >= 4 is 11.9 Å². The summed E-state index contributed by atoms with van der Waals surface area (Å²) in [5.41, 5.74) is 0.760. The van der Waals surface area contributed by atoms with Crippen LogP contribution in [0.15, 0.2) is 24.3 Å². The van der Waals surface area contributed by atoms with Gasteiger partial charge in [0, 0.05) is 38.3 Å². The number of hydrogen-bond acceptors (Lipinski definition) is 4. The number of ether oxygens (including phenoxy) is 2. The Hall–Kier alpha value is -2.28. The molecule has 0 radical (unpaired) electrons. The van der Waals surface area contributed by atoms with Crippen LogP contribution in [0.2, 0.25) is 0 Å². The minimum absolute atomic E-state index is 0.0675. The maximum Gasteiger partial charge on any atom is 0.317 e. The lowest BCUT2D eigenvalue weighted by Crippen LogP contribution is -2.57. The van der Waals surface area contributed by atoms with E-state index in [-0.39, 0.29) is 23.6 Å². The van der Waals surface area contributed by atoms with E-state index in [1.807, 2.05) is 36.1 Å². The van der Waals surface area contributed by atoms with Crippen LogP contribution in [-0.2, 0) is 16.0 Å². The number of carbonyl (C=O) groups excluding carboxylic acids is 2. The van der Waals surface area contributed by atoms with Crippen LogP contribution in [-0.4, -0.2) is 72.8 Å². The van der Waals surface area contributed by atoms with E-state index in [0.717, 1.165) is 49.8 Å². The van der Waals surface area contributed by atoms with E-state index in [2.05, 4.69) is 10.2 Å². The summed E-state index contributed by atoms with van der Waals surface area (Å²) in [7, 11) is 1.64. The first-order valence-corrected chi connectivity index (χ1v) is 11.6. The number of urea groups is 1. The number of hydrogen-bond donors (Lipinski definition) is 1. The standard InChI is InChI=1S/C24H35N3O4/c1-3-25-23(29)27(19-7-8-19)20-9-14-31-24(17-20)10-12-26(13-11-24)22(28)16-18-5-4-6-21(15-18)30-2/h4-6,15,19-20H,3,7-14,16-17H2,1-2H3,(H,25,29). The first-order chi connectivity index (χ1) is 15.0. The molecule has 2 aliphatic heterocycles. The van der Waals surface area contributed by atoms with Gasteiger partial charge < -0.3 is 24.6 Å². The minimum Gasteiger partial charge on any atom is -0.497 e. The summed E-state index contributed by atoms with van der Waals surface area (Å²) in [4.78, 5) is 29.6. The Balaban J connectivity index is 1.34. The highest BCUT2D eigenvalue weighted by molar-refractivity contribution is 5.79. The second kappa shape index (κ2) is 9.47. The SMILES string of the molecule is CCNC(=O)N(C1CC1)C1CCOC2(CCN(C(=O)Cc3cccc(OC)c3)CC2)C1. The molecule has 1 aromatic rings. The summed E-state index contributed by atoms with van der Waals surface area (Å²) in [6, 6.07) is 8.38. The number of likely N-dealkylation sites (tertiary alicyclic amines) is 1. The Labute approximate surface area is 185 Å². The maximum atomic E-state index is 12.9. The molecule has 4 rings (SSSR count). The number of benzene rings is 1. The monoisotopic (exact) mass is 429 g/mol. The van der Waals surface area contributed by atoms with Gasteiger partial charge in [-0.25, -0.2) is 4.79 Å². The molecule has 0 bridgehead atoms. The van der Waals surface area contributed by atoms with Crippen LogP contribution >= 0.6 is 0 Å². The first-order valence-electron chi connectivity index (χ1n) is 11.6. The van der Waals surface area contributed by atoms with Crippen molar-refractivity contribution in [3.05, 3.63) is 29.8 Å². The van der Waals surface area contributed by atoms with E-state index < -0.39 is 0 Å². The average molecular weight is 430 g/mol. The zero-order valence-electron chi connectivity index (χ0n) is 18.8. The van der Waals surface area contributed by atoms with Crippen molar-refractivity contribution in [2.45, 2.75) is 69.6 Å². The van der Waals surface area contributed by atoms with Gasteiger partial charge in [-0.3, -0.25) is 4.79 Å². The third-order valence-electron chi connectivity index (χ3n) is 6.88. The normalized spacial score (nSPS) is 22.8. The van der Waals surface area contributed by atoms with Crippen LogP contribution in [0.3, 0.4) is 0 Å². The predicted molar refractivity (Wildman–Crippen MR) is 118 cm³/mol. The lowest BCUT2D eigenvalue weighted by atomic mass is 9.81. The summed E-state index contributed by atoms with van der Waals surface area (Å²) in [6.45, 7) is 4.72. The van der Waals surface area contributed by atoms with Gasteiger partial charge in [0.15, 0.2) is 0 Å². The van der Waals surface area contributed by atoms with E-state index in [4.69, 9.17) is 9.47 Å². The summed E-state index contributed by atoms with van der Waals surface area (Å²) in [6.07, 6.45) is 6.04. The fourth-order valence-corrected chi connectivity index (χ4v) is 5.05. The van der Waals surface area contributed by atoms with E-state index >= 15 is 0 Å². The van der Waals surface area contributed by atoms with Crippen molar-refractivity contribution in [3.63, 3.8) is 0 Å². The number of methoxy groups -OCH3 is 1. The van der Waals surface area contributed by atoms with Crippen molar-refractivity contribution in [1.82, 2.24) is 15.1 Å². The van der Waals surface area contributed by atoms with E-state index in [1.165, 1.54) is 0 Å². The van der Waals surface area contributed by atoms with Gasteiger partial charge in [-0.1, -0.05) is 12.1 Å². The van der Waals surface area contributed by atoms with E-state index in [1.54, 1.807) is 7.11 Å². The van der Waals surface area contributed by atoms with Crippen LogP contribution in [0.25, 0.3) is 0 Å². The fourth-order valence-electron chi connectivity index (χ4n) is 5.05. The summed E-state index contributed by atoms with van der Waals surface area (Å²) >= 11 is 0. The molecule has 1 spiro atoms. The quantitative estimate of drug-likeness (QED) is 0.755. The molecule has 3 aliphatic rings. The minimum atomic E-state index is -0.213. The van der Waals surface area contributed by atoms with Crippen molar-refractivity contribution in [1.29, 1.82) is 0 Å². The summed E-state index contributed by atoms with van der Waals surface area (Å²) in [5.74, 6) is 0.925. The van der Waals surface area contributed by atoms with Gasteiger partial charge in [-0.15, -0.1) is 0 Å². The second-order valence-corrected chi connectivity index (χ2v) is 9.06. The molecule has 2 saturated heterocycles. The number of nitrogens with zero attached hydrogens (tertiary/aromatic N) is 2. The Morgan fingerprint density at radius 3 is 2.68 bits per heavy atom. The van der Waals surface area contributed by atoms with Gasteiger partial charge in [0.05, 0.1) is 19.1 Å². The summed E-state index contributed by atoms with van der Waals surface area (Å²) in [5, 5.41) is 2.99. The molecule has 0 aromatic heterocycles. The van der Waals surface area contributed by atoms with Crippen LogP contribution in [0.4, 0.5) is 4.79 Å². The third-order valence-corrected chi connectivity index (χ3v) is 6.88. The molecule has 31 heavy (non-hydrogen) atoms. The highest BCUT2D eigenvalue weighted by Crippen LogP contribution is 2.40. The largest absolute Gasteiger partial charge is 0.497 e. The third kappa shape index (κ3) is 5.14. The second-order valence-electron chi connectivity index (χ2n) is 9.06. The van der Waals surface area contributed by atoms with Crippen molar-refractivity contribution in [3.8, 4) is 5.75 Å². The molecular weight excluding hydrogens is 394 g/mol. The molecule has 3 fully saturated rings. The smallest absolute Gasteiger partial charge is 0.317 e. The molecule has 1 unspecified atom stereocenters. The van der Waals surface area contributed by atoms with Crippen LogP contribution in [0, 0.1) is 0 Å². The van der Waals surface area contributed by atoms with Crippen molar-refractivity contribution in [2.75, 3.05) is 33.4 Å². The van der Waals surface area contributed by atoms with Crippen LogP contribution < -0.4 is 10.1 Å². The van der Waals surface area contributed by atoms with Gasteiger partial charge >= 0.3 is 6.03 Å². The maximum absolute atomic E-state index is 12.9. The zero-order chi connectivity index (χ0) is 21.8. The topological polar surface area (TPSA) is 71.1 Å². The molecule has 7 nitrogen and oxygen atoms in total. The number of carbonyl (C=O) groups is 2. The molecule has 170 valence electrons. The Morgan fingerprint density at radius 2 is 2.00 bits per heavy atom.